The molecule has 0 fully saturated rings. The molecule has 0 aliphatic carbocycles. The molecule has 2 N–H and O–H groups in total. The zero-order valence-electron chi connectivity index (χ0n) is 8.92. The van der Waals surface area contributed by atoms with Crippen LogP contribution in [0.2, 0.25) is 0 Å². The maximum atomic E-state index is 9.83. The van der Waals surface area contributed by atoms with Gasteiger partial charge in [0.05, 0.1) is 7.11 Å². The first kappa shape index (κ1) is 10.9. The molecule has 0 aliphatic heterocycles. The van der Waals surface area contributed by atoms with Gasteiger partial charge in [-0.1, -0.05) is 13.0 Å². The molecule has 0 aliphatic rings. The molecule has 14 heavy (non-hydrogen) atoms. The second-order valence-electron chi connectivity index (χ2n) is 3.19. The Kier molecular flexibility index (Phi) is 3.77. The Bertz CT molecular complexity index is 310. The van der Waals surface area contributed by atoms with Crippen LogP contribution in [-0.4, -0.2) is 18.8 Å². The fraction of sp³-hybridized carbons (Fsp3) is 0.455. The highest BCUT2D eigenvalue weighted by Crippen LogP contribution is 2.31. The van der Waals surface area contributed by atoms with Crippen molar-refractivity contribution in [2.45, 2.75) is 20.4 Å². The lowest BCUT2D eigenvalue weighted by Crippen LogP contribution is -2.13. The van der Waals surface area contributed by atoms with Crippen molar-refractivity contribution < 1.29 is 9.84 Å². The molecule has 0 spiro atoms. The normalized spacial score (nSPS) is 10.2. The van der Waals surface area contributed by atoms with Gasteiger partial charge in [-0.05, 0) is 25.1 Å². The van der Waals surface area contributed by atoms with Crippen LogP contribution in [0.4, 0.5) is 0 Å². The van der Waals surface area contributed by atoms with E-state index in [9.17, 15) is 5.11 Å². The summed E-state index contributed by atoms with van der Waals surface area (Å²) in [5.41, 5.74) is 1.98. The monoisotopic (exact) mass is 195 g/mol. The minimum absolute atomic E-state index is 0.244. The van der Waals surface area contributed by atoms with Gasteiger partial charge in [-0.25, -0.2) is 0 Å². The maximum absolute atomic E-state index is 9.83. The van der Waals surface area contributed by atoms with E-state index in [0.717, 1.165) is 17.7 Å². The second-order valence-corrected chi connectivity index (χ2v) is 3.19. The summed E-state index contributed by atoms with van der Waals surface area (Å²) in [5.74, 6) is 0.775. The Hall–Kier alpha value is -1.22. The molecule has 1 aromatic rings. The Morgan fingerprint density at radius 2 is 2.14 bits per heavy atom. The molecule has 0 unspecified atom stereocenters. The molecule has 1 rings (SSSR count). The van der Waals surface area contributed by atoms with Crippen molar-refractivity contribution in [3.05, 3.63) is 23.3 Å². The van der Waals surface area contributed by atoms with Gasteiger partial charge in [-0.3, -0.25) is 0 Å². The first-order valence-electron chi connectivity index (χ1n) is 4.76. The molecule has 3 nitrogen and oxygen atoms in total. The number of methoxy groups -OCH3 is 1. The number of ether oxygens (including phenoxy) is 1. The molecule has 0 heterocycles. The van der Waals surface area contributed by atoms with E-state index in [1.807, 2.05) is 19.9 Å². The lowest BCUT2D eigenvalue weighted by atomic mass is 10.1. The molecule has 0 saturated heterocycles. The number of rotatable bonds is 4. The van der Waals surface area contributed by atoms with Crippen LogP contribution in [0.15, 0.2) is 12.1 Å². The van der Waals surface area contributed by atoms with Gasteiger partial charge in [0.1, 0.15) is 0 Å². The Labute approximate surface area is 84.7 Å². The van der Waals surface area contributed by atoms with Crippen molar-refractivity contribution in [2.75, 3.05) is 13.7 Å². The first-order chi connectivity index (χ1) is 6.70. The molecular weight excluding hydrogens is 178 g/mol. The van der Waals surface area contributed by atoms with E-state index < -0.39 is 0 Å². The van der Waals surface area contributed by atoms with Crippen molar-refractivity contribution in [2.24, 2.45) is 0 Å². The van der Waals surface area contributed by atoms with Crippen molar-refractivity contribution >= 4 is 0 Å². The highest BCUT2D eigenvalue weighted by Gasteiger charge is 2.09. The molecule has 1 aromatic carbocycles. The SMILES string of the molecule is CCNCc1c(C)ccc(OC)c1O. The van der Waals surface area contributed by atoms with Gasteiger partial charge < -0.3 is 15.2 Å². The van der Waals surface area contributed by atoms with Crippen LogP contribution < -0.4 is 10.1 Å². The molecule has 0 atom stereocenters. The van der Waals surface area contributed by atoms with E-state index >= 15 is 0 Å². The van der Waals surface area contributed by atoms with E-state index in [1.54, 1.807) is 13.2 Å². The van der Waals surface area contributed by atoms with Crippen molar-refractivity contribution in [3.63, 3.8) is 0 Å². The van der Waals surface area contributed by atoms with E-state index in [0.29, 0.717) is 12.3 Å². The summed E-state index contributed by atoms with van der Waals surface area (Å²) in [6.45, 7) is 5.57. The summed E-state index contributed by atoms with van der Waals surface area (Å²) < 4.78 is 5.04. The maximum Gasteiger partial charge on any atom is 0.162 e. The van der Waals surface area contributed by atoms with Crippen LogP contribution in [-0.2, 0) is 6.54 Å². The van der Waals surface area contributed by atoms with E-state index in [4.69, 9.17) is 4.74 Å². The summed E-state index contributed by atoms with van der Waals surface area (Å²) in [6.07, 6.45) is 0. The zero-order chi connectivity index (χ0) is 10.6. The summed E-state index contributed by atoms with van der Waals surface area (Å²) >= 11 is 0. The van der Waals surface area contributed by atoms with E-state index in [1.165, 1.54) is 0 Å². The summed E-state index contributed by atoms with van der Waals surface area (Å²) in [4.78, 5) is 0. The molecule has 0 saturated carbocycles. The van der Waals surface area contributed by atoms with Crippen LogP contribution in [0.3, 0.4) is 0 Å². The molecule has 78 valence electrons. The third-order valence-corrected chi connectivity index (χ3v) is 2.25. The fourth-order valence-corrected chi connectivity index (χ4v) is 1.35. The predicted octanol–water partition coefficient (Wildman–Crippen LogP) is 1.82. The lowest BCUT2D eigenvalue weighted by Gasteiger charge is -2.11. The Balaban J connectivity index is 2.99. The van der Waals surface area contributed by atoms with Gasteiger partial charge >= 0.3 is 0 Å². The molecule has 0 radical (unpaired) electrons. The van der Waals surface area contributed by atoms with Crippen molar-refractivity contribution in [1.82, 2.24) is 5.32 Å². The number of benzene rings is 1. The van der Waals surface area contributed by atoms with Gasteiger partial charge in [-0.2, -0.15) is 0 Å². The van der Waals surface area contributed by atoms with Crippen LogP contribution in [0.25, 0.3) is 0 Å². The minimum Gasteiger partial charge on any atom is -0.504 e. The topological polar surface area (TPSA) is 41.5 Å². The fourth-order valence-electron chi connectivity index (χ4n) is 1.35. The zero-order valence-corrected chi connectivity index (χ0v) is 8.92. The minimum atomic E-state index is 0.244. The summed E-state index contributed by atoms with van der Waals surface area (Å²) in [7, 11) is 1.56. The summed E-state index contributed by atoms with van der Waals surface area (Å²) in [6, 6.07) is 3.73. The number of phenols is 1. The number of aryl methyl sites for hydroxylation is 1. The molecule has 0 aromatic heterocycles. The van der Waals surface area contributed by atoms with Crippen LogP contribution >= 0.6 is 0 Å². The van der Waals surface area contributed by atoms with Gasteiger partial charge in [-0.15, -0.1) is 0 Å². The molecular formula is C11H17NO2. The standard InChI is InChI=1S/C11H17NO2/c1-4-12-7-9-8(2)5-6-10(14-3)11(9)13/h5-6,12-13H,4,7H2,1-3H3. The first-order valence-corrected chi connectivity index (χ1v) is 4.76. The van der Waals surface area contributed by atoms with Crippen molar-refractivity contribution in [1.29, 1.82) is 0 Å². The quantitative estimate of drug-likeness (QED) is 0.770. The summed E-state index contributed by atoms with van der Waals surface area (Å²) in [5, 5.41) is 13.0. The Morgan fingerprint density at radius 1 is 1.43 bits per heavy atom. The van der Waals surface area contributed by atoms with Gasteiger partial charge in [0.25, 0.3) is 0 Å². The van der Waals surface area contributed by atoms with Gasteiger partial charge in [0.15, 0.2) is 11.5 Å². The average molecular weight is 195 g/mol. The highest BCUT2D eigenvalue weighted by molar-refractivity contribution is 5.49. The second kappa shape index (κ2) is 4.86. The van der Waals surface area contributed by atoms with E-state index in [2.05, 4.69) is 5.32 Å². The average Bonchev–Trinajstić information content (AvgIpc) is 2.18. The number of hydrogen-bond donors (Lipinski definition) is 2. The third-order valence-electron chi connectivity index (χ3n) is 2.25. The highest BCUT2D eigenvalue weighted by atomic mass is 16.5. The number of nitrogens with one attached hydrogen (secondary N) is 1. The molecule has 3 heteroatoms. The number of hydrogen-bond acceptors (Lipinski definition) is 3. The van der Waals surface area contributed by atoms with Gasteiger partial charge in [0.2, 0.25) is 0 Å². The Morgan fingerprint density at radius 3 is 2.71 bits per heavy atom. The number of phenolic OH excluding ortho intramolecular Hbond substituents is 1. The lowest BCUT2D eigenvalue weighted by molar-refractivity contribution is 0.369. The predicted molar refractivity (Wildman–Crippen MR) is 56.8 cm³/mol. The van der Waals surface area contributed by atoms with Crippen LogP contribution in [0, 0.1) is 6.92 Å². The van der Waals surface area contributed by atoms with Gasteiger partial charge in [0, 0.05) is 12.1 Å². The molecule has 0 bridgehead atoms. The third kappa shape index (κ3) is 2.17. The van der Waals surface area contributed by atoms with Crippen LogP contribution in [0.5, 0.6) is 11.5 Å². The smallest absolute Gasteiger partial charge is 0.162 e. The largest absolute Gasteiger partial charge is 0.504 e. The van der Waals surface area contributed by atoms with Crippen molar-refractivity contribution in [3.8, 4) is 11.5 Å². The molecule has 0 amide bonds. The van der Waals surface area contributed by atoms with E-state index in [-0.39, 0.29) is 5.75 Å². The number of aromatic hydroxyl groups is 1. The van der Waals surface area contributed by atoms with Crippen LogP contribution in [0.1, 0.15) is 18.1 Å².